The van der Waals surface area contributed by atoms with Crippen molar-refractivity contribution in [2.45, 2.75) is 12.1 Å². The average molecular weight is 498 g/mol. The number of nitrogen functional groups attached to an aromatic ring is 1. The van der Waals surface area contributed by atoms with Crippen molar-refractivity contribution in [3.63, 3.8) is 0 Å². The Morgan fingerprint density at radius 1 is 1.00 bits per heavy atom. The van der Waals surface area contributed by atoms with Gasteiger partial charge in [-0.1, -0.05) is 11.8 Å². The number of amides is 2. The van der Waals surface area contributed by atoms with Gasteiger partial charge in [-0.15, -0.1) is 0 Å². The third-order valence-corrected chi connectivity index (χ3v) is 5.60. The molecule has 35 heavy (non-hydrogen) atoms. The number of nitrogens with two attached hydrogens (primary N) is 1. The summed E-state index contributed by atoms with van der Waals surface area (Å²) in [5, 5.41) is 5.23. The number of carbonyl (C=O) groups excluding carboxylic acids is 3. The first-order chi connectivity index (χ1) is 16.7. The third-order valence-electron chi connectivity index (χ3n) is 4.73. The molecule has 12 heteroatoms. The molecule has 0 aliphatic heterocycles. The van der Waals surface area contributed by atoms with E-state index >= 15 is 0 Å². The van der Waals surface area contributed by atoms with Gasteiger partial charge in [0.25, 0.3) is 11.5 Å². The van der Waals surface area contributed by atoms with E-state index < -0.39 is 11.5 Å². The lowest BCUT2D eigenvalue weighted by atomic mass is 10.1. The number of carbonyl (C=O) groups is 3. The summed E-state index contributed by atoms with van der Waals surface area (Å²) in [6, 6.07) is 11.0. The van der Waals surface area contributed by atoms with Gasteiger partial charge < -0.3 is 25.8 Å². The molecule has 0 spiro atoms. The van der Waals surface area contributed by atoms with Crippen molar-refractivity contribution < 1.29 is 23.9 Å². The van der Waals surface area contributed by atoms with Gasteiger partial charge >= 0.3 is 0 Å². The highest BCUT2D eigenvalue weighted by atomic mass is 32.2. The van der Waals surface area contributed by atoms with Gasteiger partial charge in [-0.25, -0.2) is 4.98 Å². The quantitative estimate of drug-likeness (QED) is 0.197. The molecule has 1 heterocycles. The molecule has 0 aliphatic carbocycles. The van der Waals surface area contributed by atoms with Crippen molar-refractivity contribution in [1.82, 2.24) is 9.97 Å². The molecular weight excluding hydrogens is 474 g/mol. The van der Waals surface area contributed by atoms with Crippen LogP contribution in [0.2, 0.25) is 0 Å². The van der Waals surface area contributed by atoms with Gasteiger partial charge in [0.1, 0.15) is 5.69 Å². The maximum atomic E-state index is 12.6. The van der Waals surface area contributed by atoms with E-state index in [1.165, 1.54) is 33.3 Å². The van der Waals surface area contributed by atoms with E-state index in [0.717, 1.165) is 11.8 Å². The molecule has 182 valence electrons. The van der Waals surface area contributed by atoms with Gasteiger partial charge in [-0.3, -0.25) is 24.2 Å². The summed E-state index contributed by atoms with van der Waals surface area (Å²) in [4.78, 5) is 55.2. The van der Waals surface area contributed by atoms with Gasteiger partial charge in [0.15, 0.2) is 28.3 Å². The van der Waals surface area contributed by atoms with Crippen LogP contribution < -0.4 is 31.4 Å². The zero-order valence-corrected chi connectivity index (χ0v) is 19.9. The Balaban J connectivity index is 1.64. The lowest BCUT2D eigenvalue weighted by molar-refractivity contribution is -0.113. The highest BCUT2D eigenvalue weighted by molar-refractivity contribution is 7.99. The minimum absolute atomic E-state index is 0.0613. The van der Waals surface area contributed by atoms with Crippen LogP contribution >= 0.6 is 11.8 Å². The van der Waals surface area contributed by atoms with Crippen LogP contribution in [0.15, 0.2) is 52.4 Å². The number of methoxy groups -OCH3 is 2. The van der Waals surface area contributed by atoms with Crippen LogP contribution in [0.5, 0.6) is 11.5 Å². The molecule has 1 aromatic heterocycles. The largest absolute Gasteiger partial charge is 0.493 e. The summed E-state index contributed by atoms with van der Waals surface area (Å²) >= 11 is 0.961. The molecule has 2 amide bonds. The topological polar surface area (TPSA) is 165 Å². The van der Waals surface area contributed by atoms with Gasteiger partial charge in [0.2, 0.25) is 5.91 Å². The average Bonchev–Trinajstić information content (AvgIpc) is 2.84. The monoisotopic (exact) mass is 497 g/mol. The Morgan fingerprint density at radius 2 is 1.66 bits per heavy atom. The summed E-state index contributed by atoms with van der Waals surface area (Å²) in [6.45, 7) is 1.45. The van der Waals surface area contributed by atoms with Crippen LogP contribution in [-0.2, 0) is 4.79 Å². The predicted molar refractivity (Wildman–Crippen MR) is 133 cm³/mol. The molecule has 11 nitrogen and oxygen atoms in total. The number of hydrogen-bond donors (Lipinski definition) is 4. The Labute approximate surface area is 204 Å². The number of benzene rings is 2. The first-order valence-electron chi connectivity index (χ1n) is 10.2. The van der Waals surface area contributed by atoms with Crippen LogP contribution in [0.25, 0.3) is 0 Å². The summed E-state index contributed by atoms with van der Waals surface area (Å²) in [5.41, 5.74) is 6.27. The number of rotatable bonds is 9. The van der Waals surface area contributed by atoms with Gasteiger partial charge in [-0.05, 0) is 49.4 Å². The molecule has 0 fully saturated rings. The SMILES string of the molecule is COc1ccc(C(=O)Nc2c(N)nc(SCC(=O)Nc3ccc(C(C)=O)cc3)[nH]c2=O)cc1OC. The fourth-order valence-corrected chi connectivity index (χ4v) is 3.61. The Bertz CT molecular complexity index is 1320. The number of nitrogens with zero attached hydrogens (tertiary/aromatic N) is 1. The third kappa shape index (κ3) is 6.38. The number of thioether (sulfide) groups is 1. The maximum Gasteiger partial charge on any atom is 0.277 e. The molecule has 0 aliphatic rings. The second kappa shape index (κ2) is 11.2. The van der Waals surface area contributed by atoms with E-state index in [9.17, 15) is 19.2 Å². The normalized spacial score (nSPS) is 10.4. The van der Waals surface area contributed by atoms with Crippen LogP contribution in [0, 0.1) is 0 Å². The minimum atomic E-state index is -0.672. The number of Topliss-reactive ketones (excluding diaryl/α,β-unsaturated/α-hetero) is 1. The van der Waals surface area contributed by atoms with E-state index in [2.05, 4.69) is 20.6 Å². The number of H-pyrrole nitrogens is 1. The summed E-state index contributed by atoms with van der Waals surface area (Å²) in [5.74, 6) is -0.492. The fraction of sp³-hybridized carbons (Fsp3) is 0.174. The second-order valence-electron chi connectivity index (χ2n) is 7.13. The van der Waals surface area contributed by atoms with E-state index in [0.29, 0.717) is 22.7 Å². The number of ether oxygens (including phenoxy) is 2. The number of nitrogens with one attached hydrogen (secondary N) is 3. The zero-order valence-electron chi connectivity index (χ0n) is 19.1. The van der Waals surface area contributed by atoms with E-state index in [-0.39, 0.29) is 39.7 Å². The highest BCUT2D eigenvalue weighted by Crippen LogP contribution is 2.28. The molecule has 0 saturated carbocycles. The Kier molecular flexibility index (Phi) is 8.10. The molecular formula is C23H23N5O6S. The van der Waals surface area contributed by atoms with Crippen LogP contribution in [0.4, 0.5) is 17.2 Å². The molecule has 2 aromatic carbocycles. The first kappa shape index (κ1) is 25.3. The minimum Gasteiger partial charge on any atom is -0.493 e. The van der Waals surface area contributed by atoms with Crippen molar-refractivity contribution in [2.24, 2.45) is 0 Å². The van der Waals surface area contributed by atoms with Crippen molar-refractivity contribution in [2.75, 3.05) is 36.3 Å². The maximum absolute atomic E-state index is 12.6. The van der Waals surface area contributed by atoms with Crippen molar-refractivity contribution in [1.29, 1.82) is 0 Å². The number of aromatic amines is 1. The smallest absolute Gasteiger partial charge is 0.277 e. The van der Waals surface area contributed by atoms with Gasteiger partial charge in [-0.2, -0.15) is 0 Å². The molecule has 3 rings (SSSR count). The van der Waals surface area contributed by atoms with E-state index in [1.807, 2.05) is 0 Å². The van der Waals surface area contributed by atoms with E-state index in [4.69, 9.17) is 15.2 Å². The van der Waals surface area contributed by atoms with Crippen LogP contribution in [0.1, 0.15) is 27.6 Å². The number of aromatic nitrogens is 2. The highest BCUT2D eigenvalue weighted by Gasteiger charge is 2.16. The second-order valence-corrected chi connectivity index (χ2v) is 8.09. The molecule has 0 bridgehead atoms. The van der Waals surface area contributed by atoms with Crippen molar-refractivity contribution in [3.8, 4) is 11.5 Å². The number of hydrogen-bond acceptors (Lipinski definition) is 9. The summed E-state index contributed by atoms with van der Waals surface area (Å²) < 4.78 is 10.3. The molecule has 5 N–H and O–H groups in total. The molecule has 3 aromatic rings. The lowest BCUT2D eigenvalue weighted by Gasteiger charge is -2.11. The predicted octanol–water partition coefficient (Wildman–Crippen LogP) is 2.56. The molecule has 0 saturated heterocycles. The first-order valence-corrected chi connectivity index (χ1v) is 11.2. The van der Waals surface area contributed by atoms with Crippen molar-refractivity contribution in [3.05, 3.63) is 63.9 Å². The van der Waals surface area contributed by atoms with Crippen LogP contribution in [-0.4, -0.2) is 47.5 Å². The summed E-state index contributed by atoms with van der Waals surface area (Å²) in [7, 11) is 2.91. The fourth-order valence-electron chi connectivity index (χ4n) is 2.94. The van der Waals surface area contributed by atoms with Gasteiger partial charge in [0, 0.05) is 16.8 Å². The molecule has 0 radical (unpaired) electrons. The Hall–Kier alpha value is -4.32. The van der Waals surface area contributed by atoms with Crippen LogP contribution in [0.3, 0.4) is 0 Å². The lowest BCUT2D eigenvalue weighted by Crippen LogP contribution is -2.23. The number of anilines is 3. The van der Waals surface area contributed by atoms with Gasteiger partial charge in [0.05, 0.1) is 20.0 Å². The Morgan fingerprint density at radius 3 is 2.26 bits per heavy atom. The summed E-state index contributed by atoms with van der Waals surface area (Å²) in [6.07, 6.45) is 0. The molecule has 0 unspecified atom stereocenters. The van der Waals surface area contributed by atoms with E-state index in [1.54, 1.807) is 30.3 Å². The zero-order chi connectivity index (χ0) is 25.5. The molecule has 0 atom stereocenters. The standard InChI is InChI=1S/C23H23N5O6S/c1-12(29)13-4-7-15(8-5-13)25-18(30)11-35-23-27-20(24)19(22(32)28-23)26-21(31)14-6-9-16(33-2)17(10-14)34-3/h4-10H,11H2,1-3H3,(H,25,30)(H,26,31)(H3,24,27,28,32). The van der Waals surface area contributed by atoms with Crippen molar-refractivity contribution >= 4 is 46.6 Å². The number of ketones is 1.